The molecule has 92 valence electrons. The molecule has 0 bridgehead atoms. The molecule has 4 nitrogen and oxygen atoms in total. The van der Waals surface area contributed by atoms with Gasteiger partial charge < -0.3 is 10.4 Å². The Labute approximate surface area is 101 Å². The quantitative estimate of drug-likeness (QED) is 0.829. The molecule has 0 amide bonds. The number of nitrogens with one attached hydrogen (secondary N) is 1. The number of hydrogen-bond donors (Lipinski definition) is 2. The number of aliphatic carboxylic acids is 1. The van der Waals surface area contributed by atoms with Crippen molar-refractivity contribution in [1.82, 2.24) is 10.3 Å². The van der Waals surface area contributed by atoms with Gasteiger partial charge in [0.25, 0.3) is 0 Å². The highest BCUT2D eigenvalue weighted by Crippen LogP contribution is 2.31. The molecule has 1 atom stereocenters. The predicted octanol–water partition coefficient (Wildman–Crippen LogP) is 1.39. The fraction of sp³-hybridized carbons (Fsp3) is 0.538. The van der Waals surface area contributed by atoms with Crippen LogP contribution >= 0.6 is 0 Å². The number of hydrogen-bond acceptors (Lipinski definition) is 3. The lowest BCUT2D eigenvalue weighted by Crippen LogP contribution is -2.47. The molecule has 1 aliphatic rings. The summed E-state index contributed by atoms with van der Waals surface area (Å²) in [5, 5.41) is 12.6. The van der Waals surface area contributed by atoms with Crippen LogP contribution in [-0.2, 0) is 11.2 Å². The van der Waals surface area contributed by atoms with Crippen LogP contribution in [0.25, 0.3) is 0 Å². The summed E-state index contributed by atoms with van der Waals surface area (Å²) in [5.41, 5.74) is 1.43. The van der Waals surface area contributed by atoms with Crippen molar-refractivity contribution in [3.63, 3.8) is 0 Å². The van der Waals surface area contributed by atoms with Crippen molar-refractivity contribution < 1.29 is 9.90 Å². The van der Waals surface area contributed by atoms with Gasteiger partial charge in [0.2, 0.25) is 0 Å². The monoisotopic (exact) mass is 234 g/mol. The summed E-state index contributed by atoms with van der Waals surface area (Å²) >= 11 is 0. The van der Waals surface area contributed by atoms with E-state index in [9.17, 15) is 9.90 Å². The Morgan fingerprint density at radius 1 is 1.59 bits per heavy atom. The molecule has 0 spiro atoms. The molecule has 2 heterocycles. The lowest BCUT2D eigenvalue weighted by Gasteiger charge is -2.33. The highest BCUT2D eigenvalue weighted by molar-refractivity contribution is 5.75. The molecule has 0 radical (unpaired) electrons. The van der Waals surface area contributed by atoms with Crippen molar-refractivity contribution in [2.45, 2.75) is 26.2 Å². The molecule has 1 saturated heterocycles. The summed E-state index contributed by atoms with van der Waals surface area (Å²) in [4.78, 5) is 15.6. The Morgan fingerprint density at radius 2 is 2.41 bits per heavy atom. The molecule has 0 aliphatic carbocycles. The molecule has 1 aromatic heterocycles. The number of nitrogens with zero attached hydrogens (tertiary/aromatic N) is 1. The van der Waals surface area contributed by atoms with E-state index < -0.39 is 11.4 Å². The molecule has 1 aliphatic heterocycles. The predicted molar refractivity (Wildman–Crippen MR) is 64.9 cm³/mol. The van der Waals surface area contributed by atoms with Gasteiger partial charge in [-0.05, 0) is 43.9 Å². The second-order valence-corrected chi connectivity index (χ2v) is 4.91. The first-order valence-corrected chi connectivity index (χ1v) is 5.97. The summed E-state index contributed by atoms with van der Waals surface area (Å²) < 4.78 is 0. The van der Waals surface area contributed by atoms with Crippen molar-refractivity contribution in [1.29, 1.82) is 0 Å². The van der Waals surface area contributed by atoms with E-state index in [1.54, 1.807) is 12.4 Å². The Balaban J connectivity index is 2.20. The van der Waals surface area contributed by atoms with E-state index in [0.29, 0.717) is 13.0 Å². The third-order valence-electron chi connectivity index (χ3n) is 3.40. The Kier molecular flexibility index (Phi) is 3.43. The highest BCUT2D eigenvalue weighted by atomic mass is 16.4. The molecule has 0 aromatic carbocycles. The van der Waals surface area contributed by atoms with Crippen LogP contribution in [0.1, 0.15) is 24.0 Å². The summed E-state index contributed by atoms with van der Waals surface area (Å²) in [5.74, 6) is -0.703. The second-order valence-electron chi connectivity index (χ2n) is 4.91. The first-order valence-electron chi connectivity index (χ1n) is 5.97. The maximum absolute atomic E-state index is 11.5. The largest absolute Gasteiger partial charge is 0.481 e. The highest BCUT2D eigenvalue weighted by Gasteiger charge is 2.39. The molecule has 17 heavy (non-hydrogen) atoms. The SMILES string of the molecule is Cc1cncc(CC2(C(=O)O)CCCNC2)c1. The van der Waals surface area contributed by atoms with Crippen LogP contribution < -0.4 is 5.32 Å². The van der Waals surface area contributed by atoms with E-state index in [2.05, 4.69) is 10.3 Å². The summed E-state index contributed by atoms with van der Waals surface area (Å²) in [6, 6.07) is 2.02. The number of carboxylic acid groups (broad SMARTS) is 1. The average Bonchev–Trinajstić information content (AvgIpc) is 2.30. The number of aromatic nitrogens is 1. The normalized spacial score (nSPS) is 24.5. The molecule has 4 heteroatoms. The maximum Gasteiger partial charge on any atom is 0.311 e. The van der Waals surface area contributed by atoms with Crippen LogP contribution in [0.2, 0.25) is 0 Å². The van der Waals surface area contributed by atoms with Gasteiger partial charge in [-0.2, -0.15) is 0 Å². The van der Waals surface area contributed by atoms with Gasteiger partial charge in [0, 0.05) is 18.9 Å². The van der Waals surface area contributed by atoms with E-state index in [-0.39, 0.29) is 0 Å². The van der Waals surface area contributed by atoms with E-state index in [1.807, 2.05) is 13.0 Å². The minimum absolute atomic E-state index is 0.552. The van der Waals surface area contributed by atoms with Crippen molar-refractivity contribution in [3.05, 3.63) is 29.6 Å². The van der Waals surface area contributed by atoms with Crippen LogP contribution in [0.15, 0.2) is 18.5 Å². The lowest BCUT2D eigenvalue weighted by atomic mass is 9.76. The van der Waals surface area contributed by atoms with Gasteiger partial charge in [-0.25, -0.2) is 0 Å². The topological polar surface area (TPSA) is 62.2 Å². The van der Waals surface area contributed by atoms with Gasteiger partial charge in [0.15, 0.2) is 0 Å². The van der Waals surface area contributed by atoms with Crippen LogP contribution in [0.5, 0.6) is 0 Å². The second kappa shape index (κ2) is 4.84. The number of aryl methyl sites for hydroxylation is 1. The molecular weight excluding hydrogens is 216 g/mol. The van der Waals surface area contributed by atoms with Gasteiger partial charge in [-0.1, -0.05) is 6.07 Å². The minimum Gasteiger partial charge on any atom is -0.481 e. The first-order chi connectivity index (χ1) is 8.12. The van der Waals surface area contributed by atoms with Crippen LogP contribution in [0.3, 0.4) is 0 Å². The standard InChI is InChI=1S/C13H18N2O2/c1-10-5-11(8-15-7-10)6-13(12(16)17)3-2-4-14-9-13/h5,7-8,14H,2-4,6,9H2,1H3,(H,16,17). The van der Waals surface area contributed by atoms with E-state index in [4.69, 9.17) is 0 Å². The third-order valence-corrected chi connectivity index (χ3v) is 3.40. The number of carboxylic acids is 1. The van der Waals surface area contributed by atoms with Gasteiger partial charge >= 0.3 is 5.97 Å². The van der Waals surface area contributed by atoms with Gasteiger partial charge in [0.05, 0.1) is 5.41 Å². The minimum atomic E-state index is -0.703. The van der Waals surface area contributed by atoms with Crippen molar-refractivity contribution in [2.24, 2.45) is 5.41 Å². The average molecular weight is 234 g/mol. The fourth-order valence-electron chi connectivity index (χ4n) is 2.48. The van der Waals surface area contributed by atoms with Crippen LogP contribution in [-0.4, -0.2) is 29.1 Å². The Hall–Kier alpha value is -1.42. The molecule has 2 N–H and O–H groups in total. The number of rotatable bonds is 3. The lowest BCUT2D eigenvalue weighted by molar-refractivity contribution is -0.150. The van der Waals surface area contributed by atoms with Crippen LogP contribution in [0, 0.1) is 12.3 Å². The van der Waals surface area contributed by atoms with Crippen molar-refractivity contribution in [3.8, 4) is 0 Å². The van der Waals surface area contributed by atoms with E-state index >= 15 is 0 Å². The van der Waals surface area contributed by atoms with Gasteiger partial charge in [0.1, 0.15) is 0 Å². The number of carbonyl (C=O) groups is 1. The number of pyridine rings is 1. The molecule has 0 saturated carbocycles. The zero-order valence-electron chi connectivity index (χ0n) is 10.1. The van der Waals surface area contributed by atoms with Gasteiger partial charge in [-0.15, -0.1) is 0 Å². The summed E-state index contributed by atoms with van der Waals surface area (Å²) in [6.07, 6.45) is 5.78. The zero-order chi connectivity index (χ0) is 12.3. The molecule has 1 fully saturated rings. The van der Waals surface area contributed by atoms with Crippen molar-refractivity contribution >= 4 is 5.97 Å². The maximum atomic E-state index is 11.5. The van der Waals surface area contributed by atoms with Crippen molar-refractivity contribution in [2.75, 3.05) is 13.1 Å². The van der Waals surface area contributed by atoms with E-state index in [1.165, 1.54) is 0 Å². The molecular formula is C13H18N2O2. The summed E-state index contributed by atoms with van der Waals surface area (Å²) in [6.45, 7) is 3.44. The van der Waals surface area contributed by atoms with E-state index in [0.717, 1.165) is 30.5 Å². The Bertz CT molecular complexity index is 412. The Morgan fingerprint density at radius 3 is 3.00 bits per heavy atom. The number of piperidine rings is 1. The van der Waals surface area contributed by atoms with Gasteiger partial charge in [-0.3, -0.25) is 9.78 Å². The molecule has 1 unspecified atom stereocenters. The summed E-state index contributed by atoms with van der Waals surface area (Å²) in [7, 11) is 0. The van der Waals surface area contributed by atoms with Crippen LogP contribution in [0.4, 0.5) is 0 Å². The smallest absolute Gasteiger partial charge is 0.311 e. The molecule has 1 aromatic rings. The zero-order valence-corrected chi connectivity index (χ0v) is 10.1. The fourth-order valence-corrected chi connectivity index (χ4v) is 2.48. The third kappa shape index (κ3) is 2.64. The first kappa shape index (κ1) is 12.0. The molecule has 2 rings (SSSR count).